The Morgan fingerprint density at radius 3 is 3.00 bits per heavy atom. The fourth-order valence-electron chi connectivity index (χ4n) is 3.01. The van der Waals surface area contributed by atoms with Gasteiger partial charge in [-0.1, -0.05) is 11.3 Å². The molecular formula is C16H19N5O. The van der Waals surface area contributed by atoms with E-state index in [2.05, 4.69) is 21.5 Å². The van der Waals surface area contributed by atoms with Crippen LogP contribution in [0.5, 0.6) is 0 Å². The summed E-state index contributed by atoms with van der Waals surface area (Å²) in [7, 11) is 0. The maximum Gasteiger partial charge on any atom is 0.227 e. The summed E-state index contributed by atoms with van der Waals surface area (Å²) in [5.41, 5.74) is 2.08. The molecule has 2 aromatic heterocycles. The average Bonchev–Trinajstić information content (AvgIpc) is 3.08. The van der Waals surface area contributed by atoms with Gasteiger partial charge in [-0.2, -0.15) is 0 Å². The number of aromatic nitrogens is 4. The van der Waals surface area contributed by atoms with Crippen LogP contribution in [-0.4, -0.2) is 43.9 Å². The van der Waals surface area contributed by atoms with E-state index >= 15 is 0 Å². The quantitative estimate of drug-likeness (QED) is 0.859. The van der Waals surface area contributed by atoms with Crippen LogP contribution in [0.15, 0.2) is 30.7 Å². The van der Waals surface area contributed by atoms with Crippen LogP contribution in [-0.2, 0) is 11.2 Å². The lowest BCUT2D eigenvalue weighted by Crippen LogP contribution is -2.30. The number of hydrogen-bond donors (Lipinski definition) is 0. The molecule has 4 rings (SSSR count). The number of hydrogen-bond acceptors (Lipinski definition) is 4. The van der Waals surface area contributed by atoms with E-state index < -0.39 is 0 Å². The van der Waals surface area contributed by atoms with Gasteiger partial charge in [-0.05, 0) is 30.9 Å². The zero-order valence-electron chi connectivity index (χ0n) is 12.4. The van der Waals surface area contributed by atoms with E-state index in [4.69, 9.17) is 0 Å². The highest BCUT2D eigenvalue weighted by Crippen LogP contribution is 2.39. The van der Waals surface area contributed by atoms with E-state index in [1.165, 1.54) is 12.8 Å². The predicted molar refractivity (Wildman–Crippen MR) is 80.2 cm³/mol. The Morgan fingerprint density at radius 1 is 1.32 bits per heavy atom. The number of likely N-dealkylation sites (tertiary alicyclic amines) is 1. The van der Waals surface area contributed by atoms with Crippen LogP contribution in [0.1, 0.15) is 42.5 Å². The van der Waals surface area contributed by atoms with Gasteiger partial charge in [0.25, 0.3) is 0 Å². The molecule has 0 unspecified atom stereocenters. The van der Waals surface area contributed by atoms with Crippen LogP contribution in [0.4, 0.5) is 0 Å². The van der Waals surface area contributed by atoms with Crippen molar-refractivity contribution >= 4 is 5.91 Å². The molecule has 6 nitrogen and oxygen atoms in total. The number of carbonyl (C=O) groups is 1. The summed E-state index contributed by atoms with van der Waals surface area (Å²) in [6, 6.07) is 4.07. The minimum Gasteiger partial charge on any atom is -0.340 e. The van der Waals surface area contributed by atoms with Gasteiger partial charge in [-0.3, -0.25) is 9.78 Å². The lowest BCUT2D eigenvalue weighted by atomic mass is 10.2. The van der Waals surface area contributed by atoms with E-state index in [1.807, 2.05) is 21.7 Å². The van der Waals surface area contributed by atoms with Crippen molar-refractivity contribution in [1.29, 1.82) is 0 Å². The SMILES string of the molecule is O=C(Cc1cccnc1)N1CC[C@@H](n2cc(C3CC3)nn2)C1. The van der Waals surface area contributed by atoms with Crippen molar-refractivity contribution in [2.75, 3.05) is 13.1 Å². The molecule has 0 bridgehead atoms. The van der Waals surface area contributed by atoms with Crippen molar-refractivity contribution in [2.24, 2.45) is 0 Å². The Labute approximate surface area is 129 Å². The molecule has 2 aromatic rings. The second kappa shape index (κ2) is 5.51. The molecular weight excluding hydrogens is 278 g/mol. The van der Waals surface area contributed by atoms with Gasteiger partial charge < -0.3 is 4.90 Å². The molecule has 1 aliphatic heterocycles. The molecule has 6 heteroatoms. The fourth-order valence-corrected chi connectivity index (χ4v) is 3.01. The first kappa shape index (κ1) is 13.4. The molecule has 2 fully saturated rings. The molecule has 22 heavy (non-hydrogen) atoms. The Morgan fingerprint density at radius 2 is 2.23 bits per heavy atom. The molecule has 0 aromatic carbocycles. The standard InChI is InChI=1S/C16H19N5O/c22-16(8-12-2-1-6-17-9-12)20-7-5-14(10-20)21-11-15(18-19-21)13-3-4-13/h1-2,6,9,11,13-14H,3-5,7-8,10H2/t14-/m1/s1. The van der Waals surface area contributed by atoms with Crippen molar-refractivity contribution in [1.82, 2.24) is 24.9 Å². The Balaban J connectivity index is 1.37. The molecule has 0 spiro atoms. The molecule has 0 N–H and O–H groups in total. The van der Waals surface area contributed by atoms with Crippen molar-refractivity contribution in [3.05, 3.63) is 42.0 Å². The summed E-state index contributed by atoms with van der Waals surface area (Å²) in [4.78, 5) is 18.4. The normalized spacial score (nSPS) is 21.3. The summed E-state index contributed by atoms with van der Waals surface area (Å²) in [6.07, 6.45) is 9.39. The zero-order valence-corrected chi connectivity index (χ0v) is 12.4. The lowest BCUT2D eigenvalue weighted by Gasteiger charge is -2.16. The van der Waals surface area contributed by atoms with E-state index in [9.17, 15) is 4.79 Å². The summed E-state index contributed by atoms with van der Waals surface area (Å²) in [6.45, 7) is 1.52. The Hall–Kier alpha value is -2.24. The highest BCUT2D eigenvalue weighted by molar-refractivity contribution is 5.79. The minimum absolute atomic E-state index is 0.165. The van der Waals surface area contributed by atoms with E-state index in [0.717, 1.165) is 30.8 Å². The van der Waals surface area contributed by atoms with Gasteiger partial charge in [-0.15, -0.1) is 5.10 Å². The van der Waals surface area contributed by atoms with Gasteiger partial charge in [0.2, 0.25) is 5.91 Å². The number of nitrogens with zero attached hydrogens (tertiary/aromatic N) is 5. The van der Waals surface area contributed by atoms with Crippen LogP contribution in [0.3, 0.4) is 0 Å². The largest absolute Gasteiger partial charge is 0.340 e. The number of pyridine rings is 1. The summed E-state index contributed by atoms with van der Waals surface area (Å²) >= 11 is 0. The molecule has 2 aliphatic rings. The maximum atomic E-state index is 12.4. The molecule has 1 atom stereocenters. The third-order valence-corrected chi connectivity index (χ3v) is 4.49. The zero-order chi connectivity index (χ0) is 14.9. The van der Waals surface area contributed by atoms with Crippen molar-refractivity contribution in [3.8, 4) is 0 Å². The molecule has 0 radical (unpaired) electrons. The summed E-state index contributed by atoms with van der Waals surface area (Å²) in [5.74, 6) is 0.788. The first-order chi connectivity index (χ1) is 10.8. The highest BCUT2D eigenvalue weighted by Gasteiger charge is 2.31. The van der Waals surface area contributed by atoms with Gasteiger partial charge in [0.05, 0.1) is 18.2 Å². The van der Waals surface area contributed by atoms with E-state index in [0.29, 0.717) is 12.3 Å². The smallest absolute Gasteiger partial charge is 0.227 e. The molecule has 1 amide bonds. The third kappa shape index (κ3) is 2.73. The van der Waals surface area contributed by atoms with Crippen LogP contribution < -0.4 is 0 Å². The number of amides is 1. The molecule has 1 aliphatic carbocycles. The van der Waals surface area contributed by atoms with Gasteiger partial charge in [0.15, 0.2) is 0 Å². The number of carbonyl (C=O) groups excluding carboxylic acids is 1. The van der Waals surface area contributed by atoms with E-state index in [-0.39, 0.29) is 11.9 Å². The number of rotatable bonds is 4. The van der Waals surface area contributed by atoms with Crippen LogP contribution >= 0.6 is 0 Å². The van der Waals surface area contributed by atoms with Crippen LogP contribution in [0.25, 0.3) is 0 Å². The molecule has 114 valence electrons. The van der Waals surface area contributed by atoms with Crippen LogP contribution in [0, 0.1) is 0 Å². The van der Waals surface area contributed by atoms with Gasteiger partial charge in [0.1, 0.15) is 0 Å². The predicted octanol–water partition coefficient (Wildman–Crippen LogP) is 1.57. The second-order valence-electron chi connectivity index (χ2n) is 6.22. The first-order valence-corrected chi connectivity index (χ1v) is 7.88. The minimum atomic E-state index is 0.165. The lowest BCUT2D eigenvalue weighted by molar-refractivity contribution is -0.129. The van der Waals surface area contributed by atoms with Gasteiger partial charge in [-0.25, -0.2) is 4.68 Å². The third-order valence-electron chi connectivity index (χ3n) is 4.49. The van der Waals surface area contributed by atoms with Crippen molar-refractivity contribution in [3.63, 3.8) is 0 Å². The molecule has 1 saturated carbocycles. The second-order valence-corrected chi connectivity index (χ2v) is 6.22. The molecule has 1 saturated heterocycles. The Kier molecular flexibility index (Phi) is 3.36. The van der Waals surface area contributed by atoms with E-state index in [1.54, 1.807) is 12.4 Å². The van der Waals surface area contributed by atoms with Crippen molar-refractivity contribution in [2.45, 2.75) is 37.6 Å². The average molecular weight is 297 g/mol. The molecule has 3 heterocycles. The maximum absolute atomic E-state index is 12.4. The monoisotopic (exact) mass is 297 g/mol. The van der Waals surface area contributed by atoms with Gasteiger partial charge >= 0.3 is 0 Å². The van der Waals surface area contributed by atoms with Gasteiger partial charge in [0, 0.05) is 37.6 Å². The summed E-state index contributed by atoms with van der Waals surface area (Å²) in [5, 5.41) is 8.52. The van der Waals surface area contributed by atoms with Crippen LogP contribution in [0.2, 0.25) is 0 Å². The first-order valence-electron chi connectivity index (χ1n) is 7.88. The topological polar surface area (TPSA) is 63.9 Å². The fraction of sp³-hybridized carbons (Fsp3) is 0.500. The van der Waals surface area contributed by atoms with Crippen molar-refractivity contribution < 1.29 is 4.79 Å². The highest BCUT2D eigenvalue weighted by atomic mass is 16.2. The Bertz CT molecular complexity index is 664. The summed E-state index contributed by atoms with van der Waals surface area (Å²) < 4.78 is 1.95.